The van der Waals surface area contributed by atoms with Gasteiger partial charge in [-0.1, -0.05) is 28.1 Å². The van der Waals surface area contributed by atoms with E-state index in [1.165, 1.54) is 0 Å². The molecule has 0 bridgehead atoms. The molecule has 1 aliphatic rings. The van der Waals surface area contributed by atoms with E-state index < -0.39 is 0 Å². The molecule has 150 valence electrons. The fourth-order valence-corrected chi connectivity index (χ4v) is 3.48. The fraction of sp³-hybridized carbons (Fsp3) is 0.381. The molecule has 7 heteroatoms. The summed E-state index contributed by atoms with van der Waals surface area (Å²) in [6.07, 6.45) is -0.0524. The Balaban J connectivity index is 1.68. The van der Waals surface area contributed by atoms with Crippen molar-refractivity contribution in [2.45, 2.75) is 19.1 Å². The van der Waals surface area contributed by atoms with E-state index in [2.05, 4.69) is 26.1 Å². The van der Waals surface area contributed by atoms with Gasteiger partial charge in [0.1, 0.15) is 11.5 Å². The minimum absolute atomic E-state index is 0.0524. The van der Waals surface area contributed by atoms with Crippen molar-refractivity contribution in [1.29, 1.82) is 0 Å². The van der Waals surface area contributed by atoms with Gasteiger partial charge in [-0.25, -0.2) is 0 Å². The number of hydrogen-bond acceptors (Lipinski definition) is 5. The van der Waals surface area contributed by atoms with Crippen LogP contribution in [0.1, 0.15) is 18.6 Å². The first kappa shape index (κ1) is 20.6. The van der Waals surface area contributed by atoms with Gasteiger partial charge in [-0.05, 0) is 36.8 Å². The molecule has 2 aromatic rings. The van der Waals surface area contributed by atoms with Gasteiger partial charge in [0, 0.05) is 23.6 Å². The quantitative estimate of drug-likeness (QED) is 0.726. The van der Waals surface area contributed by atoms with Crippen molar-refractivity contribution in [3.05, 3.63) is 52.5 Å². The van der Waals surface area contributed by atoms with Crippen LogP contribution in [-0.2, 0) is 9.53 Å². The third-order valence-electron chi connectivity index (χ3n) is 4.93. The van der Waals surface area contributed by atoms with Crippen LogP contribution in [0.3, 0.4) is 0 Å². The number of carbonyl (C=O) groups is 1. The van der Waals surface area contributed by atoms with Crippen LogP contribution in [0.5, 0.6) is 11.5 Å². The summed E-state index contributed by atoms with van der Waals surface area (Å²) >= 11 is 3.45. The number of nitrogens with one attached hydrogen (secondary N) is 1. The van der Waals surface area contributed by atoms with E-state index >= 15 is 0 Å². The number of nitrogens with zero attached hydrogens (tertiary/aromatic N) is 1. The second kappa shape index (κ2) is 9.41. The van der Waals surface area contributed by atoms with Gasteiger partial charge in [0.2, 0.25) is 5.91 Å². The molecule has 2 unspecified atom stereocenters. The third kappa shape index (κ3) is 4.84. The summed E-state index contributed by atoms with van der Waals surface area (Å²) in [5.41, 5.74) is 1.70. The van der Waals surface area contributed by atoms with Crippen molar-refractivity contribution in [2.24, 2.45) is 0 Å². The number of amides is 1. The predicted octanol–water partition coefficient (Wildman–Crippen LogP) is 3.87. The highest BCUT2D eigenvalue weighted by Gasteiger charge is 2.29. The Morgan fingerprint density at radius 3 is 2.64 bits per heavy atom. The molecule has 1 amide bonds. The number of anilines is 1. The van der Waals surface area contributed by atoms with Crippen LogP contribution in [0, 0.1) is 0 Å². The molecule has 1 N–H and O–H groups in total. The highest BCUT2D eigenvalue weighted by Crippen LogP contribution is 2.30. The molecule has 0 radical (unpaired) electrons. The number of ether oxygens (including phenoxy) is 3. The van der Waals surface area contributed by atoms with Gasteiger partial charge in [0.05, 0.1) is 38.7 Å². The van der Waals surface area contributed by atoms with Crippen molar-refractivity contribution < 1.29 is 19.0 Å². The number of methoxy groups -OCH3 is 2. The molecular formula is C21H25BrN2O4. The molecule has 0 aromatic heterocycles. The zero-order chi connectivity index (χ0) is 20.1. The van der Waals surface area contributed by atoms with E-state index in [0.717, 1.165) is 10.0 Å². The van der Waals surface area contributed by atoms with Crippen LogP contribution < -0.4 is 14.8 Å². The summed E-state index contributed by atoms with van der Waals surface area (Å²) in [4.78, 5) is 15.0. The Hall–Kier alpha value is -2.09. The lowest BCUT2D eigenvalue weighted by molar-refractivity contribution is -0.124. The largest absolute Gasteiger partial charge is 0.497 e. The number of halogens is 1. The molecule has 1 fully saturated rings. The van der Waals surface area contributed by atoms with Gasteiger partial charge in [0.15, 0.2) is 0 Å². The minimum Gasteiger partial charge on any atom is -0.497 e. The van der Waals surface area contributed by atoms with Crippen molar-refractivity contribution in [1.82, 2.24) is 4.90 Å². The zero-order valence-corrected chi connectivity index (χ0v) is 17.9. The predicted molar refractivity (Wildman–Crippen MR) is 112 cm³/mol. The average Bonchev–Trinajstić information content (AvgIpc) is 2.73. The maximum absolute atomic E-state index is 12.9. The van der Waals surface area contributed by atoms with Crippen molar-refractivity contribution in [2.75, 3.05) is 39.2 Å². The van der Waals surface area contributed by atoms with Gasteiger partial charge >= 0.3 is 0 Å². The number of morpholine rings is 1. The maximum atomic E-state index is 12.9. The Morgan fingerprint density at radius 2 is 1.96 bits per heavy atom. The topological polar surface area (TPSA) is 60.0 Å². The van der Waals surface area contributed by atoms with Crippen LogP contribution in [0.25, 0.3) is 0 Å². The molecule has 0 aliphatic carbocycles. The standard InChI is InChI=1S/C21H25BrN2O4/c1-14(21(25)23-18-12-17(26-2)8-9-19(18)27-3)24-10-11-28-20(13-24)15-4-6-16(22)7-5-15/h4-9,12,14,20H,10-11,13H2,1-3H3,(H,23,25). The van der Waals surface area contributed by atoms with E-state index in [1.807, 2.05) is 31.2 Å². The van der Waals surface area contributed by atoms with E-state index in [9.17, 15) is 4.79 Å². The van der Waals surface area contributed by atoms with Crippen molar-refractivity contribution in [3.63, 3.8) is 0 Å². The number of hydrogen-bond donors (Lipinski definition) is 1. The molecule has 2 atom stereocenters. The lowest BCUT2D eigenvalue weighted by Gasteiger charge is -2.36. The van der Waals surface area contributed by atoms with Gasteiger partial charge in [-0.2, -0.15) is 0 Å². The summed E-state index contributed by atoms with van der Waals surface area (Å²) in [5, 5.41) is 2.96. The van der Waals surface area contributed by atoms with Gasteiger partial charge in [0.25, 0.3) is 0 Å². The van der Waals surface area contributed by atoms with Crippen LogP contribution in [0.4, 0.5) is 5.69 Å². The van der Waals surface area contributed by atoms with Crippen LogP contribution in [0.2, 0.25) is 0 Å². The first-order valence-electron chi connectivity index (χ1n) is 9.16. The highest BCUT2D eigenvalue weighted by atomic mass is 79.9. The van der Waals surface area contributed by atoms with Crippen molar-refractivity contribution >= 4 is 27.5 Å². The molecule has 1 aliphatic heterocycles. The van der Waals surface area contributed by atoms with Crippen LogP contribution in [0.15, 0.2) is 46.9 Å². The maximum Gasteiger partial charge on any atom is 0.241 e. The number of benzene rings is 2. The van der Waals surface area contributed by atoms with E-state index in [-0.39, 0.29) is 18.1 Å². The SMILES string of the molecule is COc1ccc(OC)c(NC(=O)C(C)N2CCOC(c3ccc(Br)cc3)C2)c1. The number of carbonyl (C=O) groups excluding carboxylic acids is 1. The minimum atomic E-state index is -0.308. The summed E-state index contributed by atoms with van der Waals surface area (Å²) in [5.74, 6) is 1.16. The second-order valence-corrected chi connectivity index (χ2v) is 7.55. The Labute approximate surface area is 173 Å². The first-order valence-corrected chi connectivity index (χ1v) is 9.95. The molecule has 0 saturated carbocycles. The Morgan fingerprint density at radius 1 is 1.21 bits per heavy atom. The number of rotatable bonds is 6. The molecule has 6 nitrogen and oxygen atoms in total. The average molecular weight is 449 g/mol. The third-order valence-corrected chi connectivity index (χ3v) is 5.46. The molecule has 2 aromatic carbocycles. The summed E-state index contributed by atoms with van der Waals surface area (Å²) in [6, 6.07) is 13.1. The molecule has 28 heavy (non-hydrogen) atoms. The molecular weight excluding hydrogens is 424 g/mol. The first-order chi connectivity index (χ1) is 13.5. The van der Waals surface area contributed by atoms with E-state index in [0.29, 0.717) is 36.9 Å². The van der Waals surface area contributed by atoms with Gasteiger partial charge < -0.3 is 19.5 Å². The Bertz CT molecular complexity index is 813. The molecule has 1 heterocycles. The summed E-state index contributed by atoms with van der Waals surface area (Å²) in [7, 11) is 3.16. The highest BCUT2D eigenvalue weighted by molar-refractivity contribution is 9.10. The molecule has 0 spiro atoms. The normalized spacial score (nSPS) is 18.4. The smallest absolute Gasteiger partial charge is 0.241 e. The van der Waals surface area contributed by atoms with Crippen molar-refractivity contribution in [3.8, 4) is 11.5 Å². The molecule has 1 saturated heterocycles. The van der Waals surface area contributed by atoms with E-state index in [1.54, 1.807) is 32.4 Å². The lowest BCUT2D eigenvalue weighted by atomic mass is 10.1. The Kier molecular flexibility index (Phi) is 6.93. The van der Waals surface area contributed by atoms with Crippen LogP contribution in [-0.4, -0.2) is 50.8 Å². The summed E-state index contributed by atoms with van der Waals surface area (Å²) < 4.78 is 17.6. The second-order valence-electron chi connectivity index (χ2n) is 6.64. The van der Waals surface area contributed by atoms with Crippen LogP contribution >= 0.6 is 15.9 Å². The summed E-state index contributed by atoms with van der Waals surface area (Å²) in [6.45, 7) is 3.86. The monoisotopic (exact) mass is 448 g/mol. The lowest BCUT2D eigenvalue weighted by Crippen LogP contribution is -2.48. The molecule has 3 rings (SSSR count). The fourth-order valence-electron chi connectivity index (χ4n) is 3.21. The van der Waals surface area contributed by atoms with E-state index in [4.69, 9.17) is 14.2 Å². The zero-order valence-electron chi connectivity index (χ0n) is 16.3. The van der Waals surface area contributed by atoms with Gasteiger partial charge in [-0.3, -0.25) is 9.69 Å². The van der Waals surface area contributed by atoms with Gasteiger partial charge in [-0.15, -0.1) is 0 Å².